The molecule has 13 nitrogen and oxygen atoms in total. The van der Waals surface area contributed by atoms with E-state index in [1.54, 1.807) is 6.07 Å². The first-order valence-corrected chi connectivity index (χ1v) is 11.7. The lowest BCUT2D eigenvalue weighted by atomic mass is 10.1. The average molecular weight is 547 g/mol. The van der Waals surface area contributed by atoms with Gasteiger partial charge in [-0.15, -0.1) is 10.2 Å². The Hall–Kier alpha value is -3.17. The second-order valence-electron chi connectivity index (χ2n) is 8.13. The highest BCUT2D eigenvalue weighted by molar-refractivity contribution is 9.10. The number of hydrogen-bond acceptors (Lipinski definition) is 11. The van der Waals surface area contributed by atoms with Crippen LogP contribution >= 0.6 is 15.9 Å². The van der Waals surface area contributed by atoms with Gasteiger partial charge < -0.3 is 35.5 Å². The van der Waals surface area contributed by atoms with E-state index < -0.39 is 31.1 Å². The second-order valence-corrected chi connectivity index (χ2v) is 9.04. The maximum Gasteiger partial charge on any atom is 0.254 e. The Morgan fingerprint density at radius 3 is 2.71 bits per heavy atom. The van der Waals surface area contributed by atoms with Crippen molar-refractivity contribution in [3.05, 3.63) is 29.0 Å². The number of hydrogen-bond donors (Lipinski definition) is 5. The standard InChI is InChI=1S/C21H23BrN8O5/c1-2-5-29-11-4-3-9(22)6-10(11)14(32)19(29)27-28-21-26-13-17(23)24-8-25-18(13)30(21)20-16(34)15(33)12(7-31)35-20/h3-4,6,8,12,15-16,20,31-34H,2,5,7H2,1H3,(H2,23,24,25)/b28-27+/t12-,15-,16-,20-/m0/s1. The SMILES string of the molecule is CCCn1c(/N=N/c2nc3c(N)ncnc3n2[C@H]2O[C@@H](CO)[C@H](O)[C@@H]2O)c(O)c2cc(Br)ccc21. The van der Waals surface area contributed by atoms with Gasteiger partial charge in [-0.3, -0.25) is 4.57 Å². The van der Waals surface area contributed by atoms with Gasteiger partial charge >= 0.3 is 0 Å². The van der Waals surface area contributed by atoms with E-state index in [1.807, 2.05) is 23.6 Å². The predicted molar refractivity (Wildman–Crippen MR) is 129 cm³/mol. The molecule has 0 bridgehead atoms. The molecule has 0 saturated carbocycles. The zero-order valence-electron chi connectivity index (χ0n) is 18.5. The molecule has 14 heteroatoms. The summed E-state index contributed by atoms with van der Waals surface area (Å²) in [5.74, 6) is 0.202. The molecule has 0 unspecified atom stereocenters. The van der Waals surface area contributed by atoms with Crippen LogP contribution in [-0.2, 0) is 11.3 Å². The van der Waals surface area contributed by atoms with Gasteiger partial charge in [-0.25, -0.2) is 15.0 Å². The summed E-state index contributed by atoms with van der Waals surface area (Å²) in [6, 6.07) is 5.54. The summed E-state index contributed by atoms with van der Waals surface area (Å²) in [6.07, 6.45) is -2.95. The number of nitrogens with two attached hydrogens (primary N) is 1. The van der Waals surface area contributed by atoms with Crippen LogP contribution in [0.2, 0.25) is 0 Å². The molecule has 4 atom stereocenters. The molecule has 0 radical (unpaired) electrons. The van der Waals surface area contributed by atoms with Gasteiger partial charge in [0.05, 0.1) is 12.1 Å². The number of nitrogens with zero attached hydrogens (tertiary/aromatic N) is 7. The van der Waals surface area contributed by atoms with Crippen LogP contribution in [0.3, 0.4) is 0 Å². The second kappa shape index (κ2) is 9.13. The van der Waals surface area contributed by atoms with E-state index in [2.05, 4.69) is 41.1 Å². The van der Waals surface area contributed by atoms with E-state index in [1.165, 1.54) is 10.9 Å². The summed E-state index contributed by atoms with van der Waals surface area (Å²) < 4.78 is 9.66. The summed E-state index contributed by atoms with van der Waals surface area (Å²) in [4.78, 5) is 12.5. The van der Waals surface area contributed by atoms with Crippen molar-refractivity contribution in [3.63, 3.8) is 0 Å². The molecule has 3 aromatic heterocycles. The number of aromatic hydroxyl groups is 1. The Balaban J connectivity index is 1.67. The highest BCUT2D eigenvalue weighted by Crippen LogP contribution is 2.41. The molecule has 1 aliphatic heterocycles. The number of imidazole rings is 1. The van der Waals surface area contributed by atoms with Crippen molar-refractivity contribution >= 4 is 55.6 Å². The first kappa shape index (κ1) is 23.6. The van der Waals surface area contributed by atoms with Crippen molar-refractivity contribution in [2.24, 2.45) is 10.2 Å². The molecular weight excluding hydrogens is 524 g/mol. The normalized spacial score (nSPS) is 22.8. The number of anilines is 1. The van der Waals surface area contributed by atoms with Crippen molar-refractivity contribution in [2.45, 2.75) is 44.4 Å². The summed E-state index contributed by atoms with van der Waals surface area (Å²) in [6.45, 7) is 2.08. The molecule has 6 N–H and O–H groups in total. The molecule has 0 spiro atoms. The highest BCUT2D eigenvalue weighted by Gasteiger charge is 2.45. The van der Waals surface area contributed by atoms with Crippen molar-refractivity contribution in [2.75, 3.05) is 12.3 Å². The first-order chi connectivity index (χ1) is 16.8. The lowest BCUT2D eigenvalue weighted by Crippen LogP contribution is -2.33. The zero-order valence-corrected chi connectivity index (χ0v) is 20.1. The number of azo groups is 1. The van der Waals surface area contributed by atoms with Gasteiger partial charge in [0.1, 0.15) is 24.6 Å². The Morgan fingerprint density at radius 1 is 1.20 bits per heavy atom. The van der Waals surface area contributed by atoms with Gasteiger partial charge in [0.2, 0.25) is 0 Å². The predicted octanol–water partition coefficient (Wildman–Crippen LogP) is 2.27. The summed E-state index contributed by atoms with van der Waals surface area (Å²) in [5, 5.41) is 50.5. The lowest BCUT2D eigenvalue weighted by Gasteiger charge is -2.17. The van der Waals surface area contributed by atoms with Gasteiger partial charge in [-0.05, 0) is 24.6 Å². The molecule has 1 fully saturated rings. The number of aliphatic hydroxyl groups is 3. The molecule has 1 aliphatic rings. The van der Waals surface area contributed by atoms with Crippen LogP contribution in [0.25, 0.3) is 22.1 Å². The fraction of sp³-hybridized carbons (Fsp3) is 0.381. The van der Waals surface area contributed by atoms with E-state index in [0.717, 1.165) is 16.4 Å². The number of aryl methyl sites for hydroxylation is 1. The number of ether oxygens (including phenoxy) is 1. The highest BCUT2D eigenvalue weighted by atomic mass is 79.9. The van der Waals surface area contributed by atoms with E-state index in [0.29, 0.717) is 11.9 Å². The van der Waals surface area contributed by atoms with Crippen LogP contribution in [0.4, 0.5) is 17.6 Å². The maximum atomic E-state index is 10.9. The Labute approximate surface area is 206 Å². The van der Waals surface area contributed by atoms with Crippen LogP contribution in [0.15, 0.2) is 39.2 Å². The quantitative estimate of drug-likeness (QED) is 0.226. The number of benzene rings is 1. The third-order valence-corrected chi connectivity index (χ3v) is 6.40. The van der Waals surface area contributed by atoms with Crippen molar-refractivity contribution in [3.8, 4) is 5.75 Å². The lowest BCUT2D eigenvalue weighted by molar-refractivity contribution is -0.0503. The smallest absolute Gasteiger partial charge is 0.254 e. The number of aliphatic hydroxyl groups excluding tert-OH is 3. The summed E-state index contributed by atoms with van der Waals surface area (Å²) >= 11 is 3.42. The summed E-state index contributed by atoms with van der Waals surface area (Å²) in [5.41, 5.74) is 7.15. The molecule has 35 heavy (non-hydrogen) atoms. The van der Waals surface area contributed by atoms with Crippen molar-refractivity contribution < 1.29 is 25.2 Å². The third-order valence-electron chi connectivity index (χ3n) is 5.91. The van der Waals surface area contributed by atoms with Gasteiger partial charge in [-0.1, -0.05) is 22.9 Å². The van der Waals surface area contributed by atoms with Crippen LogP contribution < -0.4 is 5.73 Å². The number of fused-ring (bicyclic) bond motifs is 2. The molecule has 0 amide bonds. The molecule has 4 heterocycles. The van der Waals surface area contributed by atoms with E-state index >= 15 is 0 Å². The molecular formula is C21H23BrN8O5. The molecule has 4 aromatic rings. The fourth-order valence-corrected chi connectivity index (χ4v) is 4.61. The Kier molecular flexibility index (Phi) is 6.14. The average Bonchev–Trinajstić information content (AvgIpc) is 3.44. The van der Waals surface area contributed by atoms with E-state index in [9.17, 15) is 20.4 Å². The summed E-state index contributed by atoms with van der Waals surface area (Å²) in [7, 11) is 0. The van der Waals surface area contributed by atoms with Gasteiger partial charge in [-0.2, -0.15) is 0 Å². The van der Waals surface area contributed by atoms with Crippen LogP contribution in [-0.4, -0.2) is 69.4 Å². The van der Waals surface area contributed by atoms with Gasteiger partial charge in [0.25, 0.3) is 5.95 Å². The minimum absolute atomic E-state index is 0.0454. The van der Waals surface area contributed by atoms with Crippen LogP contribution in [0.1, 0.15) is 19.6 Å². The first-order valence-electron chi connectivity index (χ1n) is 10.9. The molecule has 1 saturated heterocycles. The fourth-order valence-electron chi connectivity index (χ4n) is 4.25. The topological polar surface area (TPSA) is 189 Å². The molecule has 0 aliphatic carbocycles. The largest absolute Gasteiger partial charge is 0.504 e. The van der Waals surface area contributed by atoms with Gasteiger partial charge in [0, 0.05) is 16.4 Å². The Bertz CT molecular complexity index is 1440. The Morgan fingerprint density at radius 2 is 2.00 bits per heavy atom. The van der Waals surface area contributed by atoms with Crippen LogP contribution in [0, 0.1) is 0 Å². The van der Waals surface area contributed by atoms with Crippen LogP contribution in [0.5, 0.6) is 5.75 Å². The van der Waals surface area contributed by atoms with Crippen molar-refractivity contribution in [1.29, 1.82) is 0 Å². The minimum Gasteiger partial charge on any atom is -0.504 e. The number of nitrogen functional groups attached to an aromatic ring is 1. The minimum atomic E-state index is -1.41. The number of aromatic nitrogens is 5. The molecule has 5 rings (SSSR count). The monoisotopic (exact) mass is 546 g/mol. The van der Waals surface area contributed by atoms with E-state index in [4.69, 9.17) is 10.5 Å². The van der Waals surface area contributed by atoms with Crippen molar-refractivity contribution in [1.82, 2.24) is 24.1 Å². The maximum absolute atomic E-state index is 10.9. The van der Waals surface area contributed by atoms with E-state index in [-0.39, 0.29) is 34.5 Å². The molecule has 184 valence electrons. The third kappa shape index (κ3) is 3.83. The van der Waals surface area contributed by atoms with Gasteiger partial charge in [0.15, 0.2) is 34.8 Å². The number of rotatable bonds is 6. The molecule has 1 aromatic carbocycles. The zero-order chi connectivity index (χ0) is 24.9. The number of halogens is 1.